The van der Waals surface area contributed by atoms with Gasteiger partial charge >= 0.3 is 0 Å². The van der Waals surface area contributed by atoms with Crippen LogP contribution in [0.25, 0.3) is 10.2 Å². The van der Waals surface area contributed by atoms with Gasteiger partial charge < -0.3 is 5.32 Å². The summed E-state index contributed by atoms with van der Waals surface area (Å²) < 4.78 is 1.83. The van der Waals surface area contributed by atoms with Crippen molar-refractivity contribution in [1.82, 2.24) is 19.8 Å². The molecule has 28 heavy (non-hydrogen) atoms. The molecule has 1 amide bonds. The molecule has 152 valence electrons. The summed E-state index contributed by atoms with van der Waals surface area (Å²) in [6, 6.07) is 0.594. The Kier molecular flexibility index (Phi) is 5.83. The number of amides is 1. The van der Waals surface area contributed by atoms with Gasteiger partial charge in [-0.25, -0.2) is 4.98 Å². The third kappa shape index (κ3) is 3.74. The summed E-state index contributed by atoms with van der Waals surface area (Å²) in [7, 11) is 0. The molecule has 7 heteroatoms. The van der Waals surface area contributed by atoms with Crippen molar-refractivity contribution in [3.8, 4) is 0 Å². The number of fused-ring (bicyclic) bond motifs is 2. The third-order valence-electron chi connectivity index (χ3n) is 6.24. The van der Waals surface area contributed by atoms with E-state index in [0.29, 0.717) is 27.7 Å². The molecule has 0 saturated carbocycles. The third-order valence-corrected chi connectivity index (χ3v) is 7.43. The van der Waals surface area contributed by atoms with Crippen LogP contribution < -0.4 is 10.9 Å². The van der Waals surface area contributed by atoms with Crippen molar-refractivity contribution in [1.29, 1.82) is 0 Å². The Morgan fingerprint density at radius 2 is 2.04 bits per heavy atom. The van der Waals surface area contributed by atoms with Crippen LogP contribution in [0, 0.1) is 6.92 Å². The van der Waals surface area contributed by atoms with Gasteiger partial charge in [-0.15, -0.1) is 11.3 Å². The molecule has 2 aliphatic rings. The Balaban J connectivity index is 1.52. The maximum atomic E-state index is 13.0. The van der Waals surface area contributed by atoms with E-state index >= 15 is 0 Å². The normalized spacial score (nSPS) is 20.7. The van der Waals surface area contributed by atoms with Gasteiger partial charge in [-0.1, -0.05) is 12.8 Å². The Bertz CT molecular complexity index is 933. The summed E-state index contributed by atoms with van der Waals surface area (Å²) in [5.74, 6) is 0.798. The van der Waals surface area contributed by atoms with Crippen LogP contribution in [0.1, 0.15) is 66.5 Å². The molecule has 1 fully saturated rings. The van der Waals surface area contributed by atoms with Crippen molar-refractivity contribution in [3.63, 3.8) is 0 Å². The van der Waals surface area contributed by atoms with E-state index in [1.807, 2.05) is 11.5 Å². The van der Waals surface area contributed by atoms with E-state index in [2.05, 4.69) is 17.1 Å². The number of hydrogen-bond donors (Lipinski definition) is 1. The molecule has 1 atom stereocenters. The zero-order chi connectivity index (χ0) is 19.7. The number of aryl methyl sites for hydroxylation is 2. The second kappa shape index (κ2) is 8.33. The second-order valence-corrected chi connectivity index (χ2v) is 9.17. The number of nitrogens with one attached hydrogen (secondary N) is 1. The fraction of sp³-hybridized carbons (Fsp3) is 0.667. The minimum atomic E-state index is -0.0789. The monoisotopic (exact) mass is 402 g/mol. The van der Waals surface area contributed by atoms with Gasteiger partial charge in [-0.2, -0.15) is 0 Å². The fourth-order valence-electron chi connectivity index (χ4n) is 4.51. The Labute approximate surface area is 169 Å². The van der Waals surface area contributed by atoms with Gasteiger partial charge in [-0.3, -0.25) is 19.1 Å². The molecule has 2 aromatic heterocycles. The molecule has 4 heterocycles. The maximum Gasteiger partial charge on any atom is 0.262 e. The number of rotatable bonds is 4. The SMILES string of the molecule is Cc1c(C(=O)NCCN2CCCC[C@@H]2C)sc2nc3n(c(=O)c12)CCCCC3. The smallest absolute Gasteiger partial charge is 0.262 e. The van der Waals surface area contributed by atoms with Crippen LogP contribution in [-0.2, 0) is 13.0 Å². The molecule has 6 nitrogen and oxygen atoms in total. The van der Waals surface area contributed by atoms with Gasteiger partial charge in [0.25, 0.3) is 11.5 Å². The molecular weight excluding hydrogens is 372 g/mol. The Morgan fingerprint density at radius 3 is 2.86 bits per heavy atom. The predicted octanol–water partition coefficient (Wildman–Crippen LogP) is 3.10. The lowest BCUT2D eigenvalue weighted by atomic mass is 10.0. The highest BCUT2D eigenvalue weighted by Crippen LogP contribution is 2.28. The van der Waals surface area contributed by atoms with Crippen molar-refractivity contribution in [2.24, 2.45) is 0 Å². The topological polar surface area (TPSA) is 67.2 Å². The first-order valence-electron chi connectivity index (χ1n) is 10.6. The molecule has 2 aliphatic heterocycles. The first kappa shape index (κ1) is 19.6. The number of thiophene rings is 1. The minimum Gasteiger partial charge on any atom is -0.350 e. The minimum absolute atomic E-state index is 0.0249. The van der Waals surface area contributed by atoms with Crippen LogP contribution in [0.4, 0.5) is 0 Å². The maximum absolute atomic E-state index is 13.0. The highest BCUT2D eigenvalue weighted by atomic mass is 32.1. The standard InChI is InChI=1S/C21H30N4O2S/c1-14-8-5-7-11-24(14)13-10-22-19(26)18-15(2)17-20(28-18)23-16-9-4-3-6-12-25(16)21(17)27/h14H,3-13H2,1-2H3,(H,22,26)/t14-/m0/s1. The van der Waals surface area contributed by atoms with Crippen molar-refractivity contribution in [3.05, 3.63) is 26.6 Å². The zero-order valence-corrected chi connectivity index (χ0v) is 17.7. The summed E-state index contributed by atoms with van der Waals surface area (Å²) >= 11 is 1.36. The van der Waals surface area contributed by atoms with E-state index < -0.39 is 0 Å². The highest BCUT2D eigenvalue weighted by Gasteiger charge is 2.23. The molecule has 0 aromatic carbocycles. The lowest BCUT2D eigenvalue weighted by molar-refractivity contribution is 0.0942. The first-order chi connectivity index (χ1) is 13.6. The molecular formula is C21H30N4O2S. The van der Waals surface area contributed by atoms with Gasteiger partial charge in [0.2, 0.25) is 0 Å². The van der Waals surface area contributed by atoms with E-state index in [1.165, 1.54) is 30.6 Å². The molecule has 0 spiro atoms. The van der Waals surface area contributed by atoms with Crippen molar-refractivity contribution < 1.29 is 4.79 Å². The molecule has 0 radical (unpaired) electrons. The molecule has 2 aromatic rings. The number of carbonyl (C=O) groups is 1. The lowest BCUT2D eigenvalue weighted by Gasteiger charge is -2.33. The summed E-state index contributed by atoms with van der Waals surface area (Å²) in [5.41, 5.74) is 0.803. The van der Waals surface area contributed by atoms with Crippen LogP contribution in [-0.4, -0.2) is 46.0 Å². The van der Waals surface area contributed by atoms with Crippen LogP contribution in [0.2, 0.25) is 0 Å². The zero-order valence-electron chi connectivity index (χ0n) is 16.9. The number of likely N-dealkylation sites (tertiary alicyclic amines) is 1. The molecule has 0 aliphatic carbocycles. The lowest BCUT2D eigenvalue weighted by Crippen LogP contribution is -2.42. The molecule has 0 unspecified atom stereocenters. The predicted molar refractivity (Wildman–Crippen MR) is 113 cm³/mol. The highest BCUT2D eigenvalue weighted by molar-refractivity contribution is 7.20. The van der Waals surface area contributed by atoms with E-state index in [-0.39, 0.29) is 11.5 Å². The Hall–Kier alpha value is -1.73. The number of hydrogen-bond acceptors (Lipinski definition) is 5. The molecule has 1 N–H and O–H groups in total. The summed E-state index contributed by atoms with van der Waals surface area (Å²) in [5, 5.41) is 3.69. The Morgan fingerprint density at radius 1 is 1.21 bits per heavy atom. The van der Waals surface area contributed by atoms with Crippen molar-refractivity contribution in [2.45, 2.75) is 71.4 Å². The van der Waals surface area contributed by atoms with Gasteiger partial charge in [0, 0.05) is 32.1 Å². The number of piperidine rings is 1. The quantitative estimate of drug-likeness (QED) is 0.853. The van der Waals surface area contributed by atoms with Crippen LogP contribution in [0.5, 0.6) is 0 Å². The molecule has 4 rings (SSSR count). The van der Waals surface area contributed by atoms with E-state index in [0.717, 1.165) is 56.7 Å². The molecule has 1 saturated heterocycles. The van der Waals surface area contributed by atoms with E-state index in [4.69, 9.17) is 4.98 Å². The van der Waals surface area contributed by atoms with Gasteiger partial charge in [0.15, 0.2) is 0 Å². The number of aromatic nitrogens is 2. The number of carbonyl (C=O) groups excluding carboxylic acids is 1. The average Bonchev–Trinajstić information content (AvgIpc) is 2.85. The van der Waals surface area contributed by atoms with Crippen LogP contribution >= 0.6 is 11.3 Å². The number of nitrogens with zero attached hydrogens (tertiary/aromatic N) is 3. The summed E-state index contributed by atoms with van der Waals surface area (Å²) in [6.07, 6.45) is 7.86. The van der Waals surface area contributed by atoms with Crippen LogP contribution in [0.15, 0.2) is 4.79 Å². The molecule has 0 bridgehead atoms. The second-order valence-electron chi connectivity index (χ2n) is 8.17. The van der Waals surface area contributed by atoms with E-state index in [9.17, 15) is 9.59 Å². The largest absolute Gasteiger partial charge is 0.350 e. The van der Waals surface area contributed by atoms with Gasteiger partial charge in [0.1, 0.15) is 10.7 Å². The first-order valence-corrected chi connectivity index (χ1v) is 11.4. The van der Waals surface area contributed by atoms with Crippen LogP contribution in [0.3, 0.4) is 0 Å². The summed E-state index contributed by atoms with van der Waals surface area (Å²) in [4.78, 5) is 34.4. The van der Waals surface area contributed by atoms with E-state index in [1.54, 1.807) is 0 Å². The van der Waals surface area contributed by atoms with Gasteiger partial charge in [-0.05, 0) is 51.6 Å². The summed E-state index contributed by atoms with van der Waals surface area (Å²) in [6.45, 7) is 7.52. The van der Waals surface area contributed by atoms with Crippen molar-refractivity contribution >= 4 is 27.5 Å². The van der Waals surface area contributed by atoms with Crippen molar-refractivity contribution in [2.75, 3.05) is 19.6 Å². The van der Waals surface area contributed by atoms with Gasteiger partial charge in [0.05, 0.1) is 10.3 Å². The fourth-order valence-corrected chi connectivity index (χ4v) is 5.62. The average molecular weight is 403 g/mol.